The molecule has 0 heterocycles. The van der Waals surface area contributed by atoms with Gasteiger partial charge in [-0.1, -0.05) is 11.6 Å². The maximum Gasteiger partial charge on any atom is 0.292 e. The average molecular weight is 294 g/mol. The molecule has 0 atom stereocenters. The van der Waals surface area contributed by atoms with Crippen molar-refractivity contribution in [2.45, 2.75) is 0 Å². The summed E-state index contributed by atoms with van der Waals surface area (Å²) < 4.78 is 5.06. The zero-order chi connectivity index (χ0) is 14.7. The van der Waals surface area contributed by atoms with E-state index in [2.05, 4.69) is 5.32 Å². The molecule has 0 aliphatic heterocycles. The summed E-state index contributed by atoms with van der Waals surface area (Å²) in [7, 11) is 1.48. The van der Waals surface area contributed by atoms with Gasteiger partial charge in [-0.25, -0.2) is 0 Å². The fourth-order valence-corrected chi connectivity index (χ4v) is 1.85. The van der Waals surface area contributed by atoms with Gasteiger partial charge in [-0.3, -0.25) is 10.1 Å². The van der Waals surface area contributed by atoms with Crippen LogP contribution in [0.5, 0.6) is 5.75 Å². The molecule has 0 radical (unpaired) electrons. The summed E-state index contributed by atoms with van der Waals surface area (Å²) in [4.78, 5) is 10.5. The zero-order valence-corrected chi connectivity index (χ0v) is 11.3. The highest BCUT2D eigenvalue weighted by molar-refractivity contribution is 6.33. The van der Waals surface area contributed by atoms with E-state index in [1.165, 1.54) is 25.3 Å². The number of hydrogen-bond acceptors (Lipinski definition) is 5. The van der Waals surface area contributed by atoms with E-state index in [4.69, 9.17) is 22.1 Å². The van der Waals surface area contributed by atoms with E-state index >= 15 is 0 Å². The SMILES string of the molecule is COc1ccc([N+](=O)[O-])c(Nc2cc(N)ccc2Cl)c1. The Morgan fingerprint density at radius 1 is 1.25 bits per heavy atom. The van der Waals surface area contributed by atoms with Crippen LogP contribution in [0.3, 0.4) is 0 Å². The van der Waals surface area contributed by atoms with Gasteiger partial charge in [0.15, 0.2) is 0 Å². The quantitative estimate of drug-likeness (QED) is 0.511. The van der Waals surface area contributed by atoms with Gasteiger partial charge >= 0.3 is 0 Å². The van der Waals surface area contributed by atoms with Crippen molar-refractivity contribution in [3.05, 3.63) is 51.5 Å². The summed E-state index contributed by atoms with van der Waals surface area (Å²) in [5.41, 5.74) is 6.87. The fraction of sp³-hybridized carbons (Fsp3) is 0.0769. The van der Waals surface area contributed by atoms with Crippen LogP contribution in [-0.2, 0) is 0 Å². The van der Waals surface area contributed by atoms with E-state index in [0.29, 0.717) is 22.1 Å². The second-order valence-corrected chi connectivity index (χ2v) is 4.41. The molecule has 7 heteroatoms. The number of halogens is 1. The third-order valence-electron chi connectivity index (χ3n) is 2.66. The molecule has 0 unspecified atom stereocenters. The number of methoxy groups -OCH3 is 1. The Kier molecular flexibility index (Phi) is 3.95. The highest BCUT2D eigenvalue weighted by atomic mass is 35.5. The monoisotopic (exact) mass is 293 g/mol. The van der Waals surface area contributed by atoms with E-state index in [9.17, 15) is 10.1 Å². The number of nitrogens with zero attached hydrogens (tertiary/aromatic N) is 1. The number of nitro groups is 1. The minimum atomic E-state index is -0.484. The number of ether oxygens (including phenoxy) is 1. The van der Waals surface area contributed by atoms with E-state index in [-0.39, 0.29) is 11.4 Å². The summed E-state index contributed by atoms with van der Waals surface area (Å²) >= 11 is 6.03. The Morgan fingerprint density at radius 3 is 2.65 bits per heavy atom. The summed E-state index contributed by atoms with van der Waals surface area (Å²) in [6.45, 7) is 0. The predicted molar refractivity (Wildman–Crippen MR) is 78.8 cm³/mol. The molecule has 2 aromatic carbocycles. The molecule has 0 fully saturated rings. The highest BCUT2D eigenvalue weighted by Crippen LogP contribution is 2.34. The molecule has 2 rings (SSSR count). The lowest BCUT2D eigenvalue weighted by atomic mass is 10.2. The topological polar surface area (TPSA) is 90.4 Å². The first-order chi connectivity index (χ1) is 9.51. The predicted octanol–water partition coefficient (Wildman–Crippen LogP) is 3.58. The summed E-state index contributed by atoms with van der Waals surface area (Å²) in [6, 6.07) is 9.27. The van der Waals surface area contributed by atoms with E-state index in [1.54, 1.807) is 18.2 Å². The standard InChI is InChI=1S/C13H12ClN3O3/c1-20-9-3-5-13(17(18)19)12(7-9)16-11-6-8(15)2-4-10(11)14/h2-7,16H,15H2,1H3. The number of nitro benzene ring substituents is 1. The zero-order valence-electron chi connectivity index (χ0n) is 10.6. The van der Waals surface area contributed by atoms with E-state index in [1.807, 2.05) is 0 Å². The third kappa shape index (κ3) is 2.92. The summed E-state index contributed by atoms with van der Waals surface area (Å²) in [6.07, 6.45) is 0. The van der Waals surface area contributed by atoms with E-state index < -0.39 is 4.92 Å². The molecule has 0 amide bonds. The molecule has 0 aliphatic carbocycles. The van der Waals surface area contributed by atoms with Crippen LogP contribution in [0.25, 0.3) is 0 Å². The van der Waals surface area contributed by atoms with Crippen LogP contribution in [0.1, 0.15) is 0 Å². The Morgan fingerprint density at radius 2 is 2.00 bits per heavy atom. The number of benzene rings is 2. The molecule has 104 valence electrons. The lowest BCUT2D eigenvalue weighted by Crippen LogP contribution is -1.99. The van der Waals surface area contributed by atoms with Crippen LogP contribution in [0.15, 0.2) is 36.4 Å². The lowest BCUT2D eigenvalue weighted by Gasteiger charge is -2.11. The maximum absolute atomic E-state index is 11.0. The first-order valence-electron chi connectivity index (χ1n) is 5.65. The van der Waals surface area contributed by atoms with Crippen LogP contribution < -0.4 is 15.8 Å². The average Bonchev–Trinajstić information content (AvgIpc) is 2.42. The Bertz CT molecular complexity index is 661. The van der Waals surface area contributed by atoms with Gasteiger partial charge < -0.3 is 15.8 Å². The Labute approximate surface area is 120 Å². The van der Waals surface area contributed by atoms with Crippen molar-refractivity contribution in [1.82, 2.24) is 0 Å². The molecule has 2 aromatic rings. The number of nitrogen functional groups attached to an aromatic ring is 1. The maximum atomic E-state index is 11.0. The van der Waals surface area contributed by atoms with Gasteiger partial charge in [0.1, 0.15) is 11.4 Å². The van der Waals surface area contributed by atoms with Gasteiger partial charge in [-0.15, -0.1) is 0 Å². The van der Waals surface area contributed by atoms with E-state index in [0.717, 1.165) is 0 Å². The lowest BCUT2D eigenvalue weighted by molar-refractivity contribution is -0.383. The molecule has 0 saturated carbocycles. The van der Waals surface area contributed by atoms with Crippen molar-refractivity contribution in [3.63, 3.8) is 0 Å². The number of nitrogens with one attached hydrogen (secondary N) is 1. The Hall–Kier alpha value is -2.47. The smallest absolute Gasteiger partial charge is 0.292 e. The molecule has 0 saturated heterocycles. The summed E-state index contributed by atoms with van der Waals surface area (Å²) in [5.74, 6) is 0.498. The van der Waals surface area contributed by atoms with Gasteiger partial charge in [-0.05, 0) is 24.3 Å². The molecule has 3 N–H and O–H groups in total. The van der Waals surface area contributed by atoms with Gasteiger partial charge in [0.2, 0.25) is 0 Å². The third-order valence-corrected chi connectivity index (χ3v) is 2.99. The van der Waals surface area contributed by atoms with Crippen LogP contribution in [0, 0.1) is 10.1 Å². The van der Waals surface area contributed by atoms with Crippen LogP contribution >= 0.6 is 11.6 Å². The molecular weight excluding hydrogens is 282 g/mol. The first kappa shape index (κ1) is 14.0. The number of anilines is 3. The van der Waals surface area contributed by atoms with Crippen molar-refractivity contribution in [1.29, 1.82) is 0 Å². The van der Waals surface area contributed by atoms with Gasteiger partial charge in [0.05, 0.1) is 22.7 Å². The first-order valence-corrected chi connectivity index (χ1v) is 6.03. The molecule has 0 spiro atoms. The second kappa shape index (κ2) is 5.66. The Balaban J connectivity index is 2.45. The van der Waals surface area contributed by atoms with Crippen LogP contribution in [0.2, 0.25) is 5.02 Å². The van der Waals surface area contributed by atoms with Crippen molar-refractivity contribution >= 4 is 34.4 Å². The largest absolute Gasteiger partial charge is 0.497 e. The molecule has 6 nitrogen and oxygen atoms in total. The molecule has 0 aromatic heterocycles. The van der Waals surface area contributed by atoms with Crippen molar-refractivity contribution in [2.75, 3.05) is 18.2 Å². The van der Waals surface area contributed by atoms with Crippen LogP contribution in [-0.4, -0.2) is 12.0 Å². The molecular formula is C13H12ClN3O3. The van der Waals surface area contributed by atoms with Gasteiger partial charge in [0.25, 0.3) is 5.69 Å². The minimum Gasteiger partial charge on any atom is -0.497 e. The molecule has 0 bridgehead atoms. The molecule has 20 heavy (non-hydrogen) atoms. The van der Waals surface area contributed by atoms with Gasteiger partial charge in [-0.2, -0.15) is 0 Å². The summed E-state index contributed by atoms with van der Waals surface area (Å²) in [5, 5.41) is 14.3. The highest BCUT2D eigenvalue weighted by Gasteiger charge is 2.15. The van der Waals surface area contributed by atoms with Crippen LogP contribution in [0.4, 0.5) is 22.7 Å². The number of nitrogens with two attached hydrogens (primary N) is 1. The normalized spacial score (nSPS) is 10.1. The van der Waals surface area contributed by atoms with Crippen molar-refractivity contribution < 1.29 is 9.66 Å². The molecule has 0 aliphatic rings. The fourth-order valence-electron chi connectivity index (χ4n) is 1.69. The number of hydrogen-bond donors (Lipinski definition) is 2. The van der Waals surface area contributed by atoms with Crippen molar-refractivity contribution in [2.24, 2.45) is 0 Å². The van der Waals surface area contributed by atoms with Crippen molar-refractivity contribution in [3.8, 4) is 5.75 Å². The van der Waals surface area contributed by atoms with Gasteiger partial charge in [0, 0.05) is 17.8 Å². The number of rotatable bonds is 4. The second-order valence-electron chi connectivity index (χ2n) is 4.00. The minimum absolute atomic E-state index is 0.0794.